The molecule has 1 atom stereocenters. The van der Waals surface area contributed by atoms with Crippen molar-refractivity contribution in [2.24, 2.45) is 5.73 Å². The fourth-order valence-electron chi connectivity index (χ4n) is 3.55. The molecule has 23 heavy (non-hydrogen) atoms. The lowest BCUT2D eigenvalue weighted by Gasteiger charge is -2.29. The molecule has 1 aliphatic heterocycles. The van der Waals surface area contributed by atoms with Crippen LogP contribution in [0.2, 0.25) is 0 Å². The molecule has 2 aromatic rings. The number of hydrogen-bond donors (Lipinski definition) is 3. The summed E-state index contributed by atoms with van der Waals surface area (Å²) in [5.74, 6) is 0.838. The average molecular weight is 310 g/mol. The van der Waals surface area contributed by atoms with Gasteiger partial charge in [0.2, 0.25) is 0 Å². The second kappa shape index (κ2) is 5.22. The van der Waals surface area contributed by atoms with Gasteiger partial charge in [-0.15, -0.1) is 0 Å². The number of nitrogens with one attached hydrogen (secondary N) is 2. The maximum Gasteiger partial charge on any atom is 0.440 e. The maximum atomic E-state index is 5.78. The van der Waals surface area contributed by atoms with Crippen molar-refractivity contribution in [1.29, 1.82) is 0 Å². The number of rotatable bonds is 2. The van der Waals surface area contributed by atoms with Gasteiger partial charge in [-0.05, 0) is 29.5 Å². The third kappa shape index (κ3) is 2.40. The zero-order valence-electron chi connectivity index (χ0n) is 13.1. The highest BCUT2D eigenvalue weighted by molar-refractivity contribution is 5.75. The van der Waals surface area contributed by atoms with Gasteiger partial charge in [-0.1, -0.05) is 18.2 Å². The average Bonchev–Trinajstić information content (AvgIpc) is 2.94. The van der Waals surface area contributed by atoms with Gasteiger partial charge in [-0.3, -0.25) is 5.73 Å². The molecule has 0 bridgehead atoms. The number of amidine groups is 1. The van der Waals surface area contributed by atoms with Gasteiger partial charge in [-0.2, -0.15) is 0 Å². The van der Waals surface area contributed by atoms with Crippen molar-refractivity contribution in [3.05, 3.63) is 41.9 Å². The van der Waals surface area contributed by atoms with E-state index in [1.54, 1.807) is 6.33 Å². The Labute approximate surface area is 134 Å². The first kappa shape index (κ1) is 14.0. The van der Waals surface area contributed by atoms with Gasteiger partial charge in [0.05, 0.1) is 0 Å². The van der Waals surface area contributed by atoms with E-state index in [9.17, 15) is 0 Å². The van der Waals surface area contributed by atoms with Gasteiger partial charge in [0, 0.05) is 25.2 Å². The minimum Gasteiger partial charge on any atom is -0.427 e. The fourth-order valence-corrected chi connectivity index (χ4v) is 3.55. The van der Waals surface area contributed by atoms with Gasteiger partial charge < -0.3 is 10.1 Å². The predicted molar refractivity (Wildman–Crippen MR) is 87.9 cm³/mol. The first-order chi connectivity index (χ1) is 11.2. The van der Waals surface area contributed by atoms with Crippen molar-refractivity contribution in [2.45, 2.75) is 24.8 Å². The molecule has 6 heteroatoms. The van der Waals surface area contributed by atoms with Gasteiger partial charge in [-0.25, -0.2) is 15.0 Å². The SMILES string of the molecule is CNc1ncncc1-c1ccc2c(c1)C[C@@]1(CC2)COC(N)=[NH+]1. The first-order valence-electron chi connectivity index (χ1n) is 7.82. The number of anilines is 1. The molecule has 6 nitrogen and oxygen atoms in total. The highest BCUT2D eigenvalue weighted by Gasteiger charge is 2.42. The van der Waals surface area contributed by atoms with Crippen LogP contribution in [0.3, 0.4) is 0 Å². The molecule has 1 aliphatic carbocycles. The standard InChI is InChI=1S/C17H19N5O/c1-19-15-14(8-20-10-21-15)12-3-2-11-4-5-17(7-13(11)6-12)9-23-16(18)22-17/h2-3,6,8,10H,4-5,7,9H2,1H3,(H2,18,22)(H,19,20,21)/p+1/t17-/m0/s1. The molecule has 4 N–H and O–H groups in total. The van der Waals surface area contributed by atoms with Crippen molar-refractivity contribution in [2.75, 3.05) is 19.0 Å². The minimum absolute atomic E-state index is 0.0608. The van der Waals surface area contributed by atoms with E-state index < -0.39 is 0 Å². The monoisotopic (exact) mass is 310 g/mol. The van der Waals surface area contributed by atoms with E-state index in [0.29, 0.717) is 12.6 Å². The van der Waals surface area contributed by atoms with Crippen LogP contribution in [0.1, 0.15) is 17.5 Å². The van der Waals surface area contributed by atoms with Gasteiger partial charge in [0.1, 0.15) is 24.3 Å². The summed E-state index contributed by atoms with van der Waals surface area (Å²) in [6.07, 6.45) is 6.39. The van der Waals surface area contributed by atoms with E-state index in [2.05, 4.69) is 38.5 Å². The Morgan fingerprint density at radius 1 is 1.35 bits per heavy atom. The summed E-state index contributed by atoms with van der Waals surface area (Å²) in [7, 11) is 1.87. The first-order valence-corrected chi connectivity index (χ1v) is 7.82. The maximum absolute atomic E-state index is 5.78. The summed E-state index contributed by atoms with van der Waals surface area (Å²) in [5.41, 5.74) is 10.6. The lowest BCUT2D eigenvalue weighted by atomic mass is 9.78. The number of nitrogens with zero attached hydrogens (tertiary/aromatic N) is 2. The highest BCUT2D eigenvalue weighted by Crippen LogP contribution is 2.32. The molecule has 1 spiro atoms. The Morgan fingerprint density at radius 2 is 2.26 bits per heavy atom. The summed E-state index contributed by atoms with van der Waals surface area (Å²) >= 11 is 0. The van der Waals surface area contributed by atoms with Crippen molar-refractivity contribution in [1.82, 2.24) is 9.97 Å². The quantitative estimate of drug-likeness (QED) is 0.717. The minimum atomic E-state index is -0.0608. The molecule has 0 amide bonds. The number of aromatic nitrogens is 2. The molecule has 1 aromatic heterocycles. The fraction of sp³-hybridized carbons (Fsp3) is 0.353. The molecule has 0 saturated carbocycles. The van der Waals surface area contributed by atoms with Crippen LogP contribution >= 0.6 is 0 Å². The topological polar surface area (TPSA) is 87.0 Å². The molecule has 0 unspecified atom stereocenters. The molecule has 4 rings (SSSR count). The third-order valence-corrected chi connectivity index (χ3v) is 4.76. The van der Waals surface area contributed by atoms with Crippen LogP contribution in [-0.4, -0.2) is 35.2 Å². The highest BCUT2D eigenvalue weighted by atomic mass is 16.5. The van der Waals surface area contributed by atoms with Crippen LogP contribution < -0.4 is 16.0 Å². The van der Waals surface area contributed by atoms with E-state index in [4.69, 9.17) is 10.5 Å². The lowest BCUT2D eigenvalue weighted by Crippen LogP contribution is -2.87. The normalized spacial score (nSPS) is 22.4. The van der Waals surface area contributed by atoms with Crippen LogP contribution in [0.25, 0.3) is 11.1 Å². The van der Waals surface area contributed by atoms with Crippen LogP contribution in [-0.2, 0) is 17.6 Å². The number of aryl methyl sites for hydroxylation is 1. The Morgan fingerprint density at radius 3 is 3.04 bits per heavy atom. The molecule has 2 aliphatic rings. The zero-order chi connectivity index (χ0) is 15.9. The molecule has 118 valence electrons. The van der Waals surface area contributed by atoms with E-state index >= 15 is 0 Å². The number of benzene rings is 1. The Bertz CT molecular complexity index is 788. The summed E-state index contributed by atoms with van der Waals surface area (Å²) in [4.78, 5) is 11.8. The summed E-state index contributed by atoms with van der Waals surface area (Å²) < 4.78 is 5.47. The van der Waals surface area contributed by atoms with Crippen molar-refractivity contribution < 1.29 is 9.73 Å². The zero-order valence-corrected chi connectivity index (χ0v) is 13.1. The molecular weight excluding hydrogens is 290 g/mol. The van der Waals surface area contributed by atoms with E-state index in [1.165, 1.54) is 11.1 Å². The lowest BCUT2D eigenvalue weighted by molar-refractivity contribution is -0.543. The van der Waals surface area contributed by atoms with Crippen LogP contribution in [0.15, 0.2) is 30.7 Å². The molecule has 0 fully saturated rings. The number of nitrogens with two attached hydrogens (primary N) is 1. The Kier molecular flexibility index (Phi) is 3.18. The number of ether oxygens (including phenoxy) is 1. The molecular formula is C17H20N5O+. The second-order valence-corrected chi connectivity index (χ2v) is 6.25. The van der Waals surface area contributed by atoms with Gasteiger partial charge in [0.15, 0.2) is 0 Å². The van der Waals surface area contributed by atoms with Crippen LogP contribution in [0, 0.1) is 0 Å². The number of hydrogen-bond acceptors (Lipinski definition) is 5. The molecule has 0 radical (unpaired) electrons. The van der Waals surface area contributed by atoms with Crippen molar-refractivity contribution >= 4 is 11.8 Å². The van der Waals surface area contributed by atoms with Gasteiger partial charge in [0.25, 0.3) is 0 Å². The van der Waals surface area contributed by atoms with E-state index in [0.717, 1.165) is 36.2 Å². The van der Waals surface area contributed by atoms with Crippen molar-refractivity contribution in [3.8, 4) is 11.1 Å². The van der Waals surface area contributed by atoms with Gasteiger partial charge >= 0.3 is 6.02 Å². The molecule has 0 saturated heterocycles. The smallest absolute Gasteiger partial charge is 0.427 e. The Hall–Kier alpha value is -2.63. The summed E-state index contributed by atoms with van der Waals surface area (Å²) in [6, 6.07) is 7.05. The van der Waals surface area contributed by atoms with Crippen LogP contribution in [0.5, 0.6) is 0 Å². The largest absolute Gasteiger partial charge is 0.440 e. The van der Waals surface area contributed by atoms with E-state index in [1.807, 2.05) is 13.2 Å². The summed E-state index contributed by atoms with van der Waals surface area (Å²) in [5, 5.41) is 3.13. The van der Waals surface area contributed by atoms with Crippen LogP contribution in [0.4, 0.5) is 5.82 Å². The van der Waals surface area contributed by atoms with Crippen molar-refractivity contribution in [3.63, 3.8) is 0 Å². The number of fused-ring (bicyclic) bond motifs is 1. The summed E-state index contributed by atoms with van der Waals surface area (Å²) in [6.45, 7) is 0.638. The van der Waals surface area contributed by atoms with E-state index in [-0.39, 0.29) is 5.54 Å². The second-order valence-electron chi connectivity index (χ2n) is 6.25. The molecule has 1 aromatic carbocycles. The molecule has 2 heterocycles. The predicted octanol–water partition coefficient (Wildman–Crippen LogP) is -0.162. The Balaban J connectivity index is 1.73. The third-order valence-electron chi connectivity index (χ3n) is 4.76.